The van der Waals surface area contributed by atoms with Crippen LogP contribution >= 0.6 is 23.2 Å². The van der Waals surface area contributed by atoms with Gasteiger partial charge in [-0.15, -0.1) is 0 Å². The fourth-order valence-electron chi connectivity index (χ4n) is 2.72. The number of urea groups is 1. The van der Waals surface area contributed by atoms with Gasteiger partial charge in [0.1, 0.15) is 11.4 Å². The molecular weight excluding hydrogens is 487 g/mol. The molecule has 0 saturated heterocycles. The molecule has 0 aliphatic heterocycles. The van der Waals surface area contributed by atoms with E-state index >= 15 is 0 Å². The quantitative estimate of drug-likeness (QED) is 0.365. The van der Waals surface area contributed by atoms with Crippen LogP contribution in [-0.2, 0) is 12.4 Å². The lowest BCUT2D eigenvalue weighted by Gasteiger charge is -2.15. The van der Waals surface area contributed by atoms with Crippen molar-refractivity contribution < 1.29 is 35.7 Å². The third kappa shape index (κ3) is 5.10. The highest BCUT2D eigenvalue weighted by atomic mass is 35.5. The second-order valence-corrected chi connectivity index (χ2v) is 7.25. The molecule has 13 heteroatoms. The Morgan fingerprint density at radius 1 is 0.938 bits per heavy atom. The minimum Gasteiger partial charge on any atom is -0.359 e. The maximum atomic E-state index is 13.0. The number of halogens is 8. The van der Waals surface area contributed by atoms with Gasteiger partial charge < -0.3 is 15.2 Å². The normalized spacial score (nSPS) is 12.0. The largest absolute Gasteiger partial charge is 0.416 e. The molecule has 32 heavy (non-hydrogen) atoms. The Balaban J connectivity index is 1.93. The summed E-state index contributed by atoms with van der Waals surface area (Å²) in [4.78, 5) is 12.4. The van der Waals surface area contributed by atoms with Crippen molar-refractivity contribution >= 4 is 40.6 Å². The van der Waals surface area contributed by atoms with E-state index < -0.39 is 35.2 Å². The van der Waals surface area contributed by atoms with Gasteiger partial charge in [-0.25, -0.2) is 4.79 Å². The fourth-order valence-corrected chi connectivity index (χ4v) is 3.29. The number of hydrogen-bond acceptors (Lipinski definition) is 3. The molecule has 1 aromatic heterocycles. The molecule has 0 aliphatic carbocycles. The molecule has 0 atom stereocenters. The molecule has 0 saturated carbocycles. The van der Waals surface area contributed by atoms with Crippen LogP contribution in [0.15, 0.2) is 40.9 Å². The monoisotopic (exact) mass is 497 g/mol. The van der Waals surface area contributed by atoms with Crippen molar-refractivity contribution in [1.29, 1.82) is 0 Å². The standard InChI is InChI=1S/C19H11Cl2F6N3O2/c1-8-15(16(30-32-8)14-12(20)3-2-4-13(14)21)29-17(31)28-11-6-9(18(22,23)24)5-10(7-11)19(25,26)27/h2-7H,1H3,(H2,28,29,31). The summed E-state index contributed by atoms with van der Waals surface area (Å²) in [5.41, 5.74) is -3.68. The smallest absolute Gasteiger partial charge is 0.359 e. The molecule has 3 rings (SSSR count). The number of anilines is 2. The number of benzene rings is 2. The molecule has 2 aromatic carbocycles. The topological polar surface area (TPSA) is 67.2 Å². The summed E-state index contributed by atoms with van der Waals surface area (Å²) in [7, 11) is 0. The molecule has 0 spiro atoms. The summed E-state index contributed by atoms with van der Waals surface area (Å²) in [5.74, 6) is 0.0890. The first-order valence-electron chi connectivity index (χ1n) is 8.55. The van der Waals surface area contributed by atoms with E-state index in [-0.39, 0.29) is 38.8 Å². The number of rotatable bonds is 3. The van der Waals surface area contributed by atoms with Gasteiger partial charge in [0.25, 0.3) is 0 Å². The van der Waals surface area contributed by atoms with E-state index in [0.29, 0.717) is 12.1 Å². The van der Waals surface area contributed by atoms with Crippen LogP contribution in [0.3, 0.4) is 0 Å². The number of carbonyl (C=O) groups is 1. The van der Waals surface area contributed by atoms with Gasteiger partial charge in [-0.2, -0.15) is 26.3 Å². The molecule has 0 bridgehead atoms. The second-order valence-electron chi connectivity index (χ2n) is 6.43. The third-order valence-electron chi connectivity index (χ3n) is 4.15. The van der Waals surface area contributed by atoms with E-state index in [1.807, 2.05) is 5.32 Å². The van der Waals surface area contributed by atoms with Gasteiger partial charge in [-0.05, 0) is 37.3 Å². The molecule has 0 radical (unpaired) electrons. The van der Waals surface area contributed by atoms with E-state index in [2.05, 4.69) is 10.5 Å². The van der Waals surface area contributed by atoms with Crippen LogP contribution in [0.5, 0.6) is 0 Å². The number of hydrogen-bond donors (Lipinski definition) is 2. The maximum absolute atomic E-state index is 13.0. The van der Waals surface area contributed by atoms with Gasteiger partial charge in [0, 0.05) is 11.3 Å². The van der Waals surface area contributed by atoms with Crippen molar-refractivity contribution in [2.45, 2.75) is 19.3 Å². The van der Waals surface area contributed by atoms with Crippen LogP contribution in [0.4, 0.5) is 42.5 Å². The van der Waals surface area contributed by atoms with Gasteiger partial charge in [-0.3, -0.25) is 0 Å². The summed E-state index contributed by atoms with van der Waals surface area (Å²) in [6.07, 6.45) is -10.1. The van der Waals surface area contributed by atoms with Gasteiger partial charge in [0.05, 0.1) is 21.2 Å². The SMILES string of the molecule is Cc1onc(-c2c(Cl)cccc2Cl)c1NC(=O)Nc1cc(C(F)(F)F)cc(C(F)(F)F)c1. The molecule has 5 nitrogen and oxygen atoms in total. The van der Waals surface area contributed by atoms with Crippen molar-refractivity contribution in [3.8, 4) is 11.3 Å². The van der Waals surface area contributed by atoms with Crippen molar-refractivity contribution in [3.05, 3.63) is 63.3 Å². The average Bonchev–Trinajstić information content (AvgIpc) is 3.00. The lowest BCUT2D eigenvalue weighted by Crippen LogP contribution is -2.21. The van der Waals surface area contributed by atoms with E-state index in [9.17, 15) is 31.1 Å². The number of aryl methyl sites for hydroxylation is 1. The predicted molar refractivity (Wildman–Crippen MR) is 106 cm³/mol. The Labute approximate surface area is 186 Å². The van der Waals surface area contributed by atoms with Crippen LogP contribution in [0.25, 0.3) is 11.3 Å². The number of alkyl halides is 6. The first kappa shape index (κ1) is 23.7. The molecule has 170 valence electrons. The van der Waals surface area contributed by atoms with Crippen LogP contribution < -0.4 is 10.6 Å². The maximum Gasteiger partial charge on any atom is 0.416 e. The number of amides is 2. The van der Waals surface area contributed by atoms with Crippen LogP contribution in [0.2, 0.25) is 10.0 Å². The van der Waals surface area contributed by atoms with E-state index in [1.54, 1.807) is 6.07 Å². The van der Waals surface area contributed by atoms with E-state index in [0.717, 1.165) is 0 Å². The fraction of sp³-hybridized carbons (Fsp3) is 0.158. The van der Waals surface area contributed by atoms with Crippen molar-refractivity contribution in [3.63, 3.8) is 0 Å². The van der Waals surface area contributed by atoms with Crippen molar-refractivity contribution in [1.82, 2.24) is 5.16 Å². The Morgan fingerprint density at radius 3 is 1.97 bits per heavy atom. The highest BCUT2D eigenvalue weighted by Crippen LogP contribution is 2.40. The van der Waals surface area contributed by atoms with Crippen LogP contribution in [-0.4, -0.2) is 11.2 Å². The highest BCUT2D eigenvalue weighted by molar-refractivity contribution is 6.39. The molecule has 3 aromatic rings. The summed E-state index contributed by atoms with van der Waals surface area (Å²) in [6, 6.07) is 4.11. The minimum absolute atomic E-state index is 0.0215. The lowest BCUT2D eigenvalue weighted by atomic mass is 10.1. The zero-order valence-electron chi connectivity index (χ0n) is 15.8. The number of nitrogens with zero attached hydrogens (tertiary/aromatic N) is 1. The average molecular weight is 498 g/mol. The molecule has 1 heterocycles. The number of carbonyl (C=O) groups excluding carboxylic acids is 1. The van der Waals surface area contributed by atoms with Gasteiger partial charge in [-0.1, -0.05) is 34.4 Å². The molecular formula is C19H11Cl2F6N3O2. The van der Waals surface area contributed by atoms with E-state index in [1.165, 1.54) is 19.1 Å². The summed E-state index contributed by atoms with van der Waals surface area (Å²) >= 11 is 12.2. The summed E-state index contributed by atoms with van der Waals surface area (Å²) < 4.78 is 83.1. The van der Waals surface area contributed by atoms with E-state index in [4.69, 9.17) is 27.7 Å². The van der Waals surface area contributed by atoms with Crippen LogP contribution in [0, 0.1) is 6.92 Å². The predicted octanol–water partition coefficient (Wildman–Crippen LogP) is 7.64. The highest BCUT2D eigenvalue weighted by Gasteiger charge is 2.37. The summed E-state index contributed by atoms with van der Waals surface area (Å²) in [6.45, 7) is 1.42. The van der Waals surface area contributed by atoms with Crippen LogP contribution in [0.1, 0.15) is 16.9 Å². The zero-order chi connectivity index (χ0) is 23.8. The second kappa shape index (κ2) is 8.55. The Bertz CT molecular complexity index is 1120. The Hall–Kier alpha value is -2.92. The van der Waals surface area contributed by atoms with Gasteiger partial charge in [0.2, 0.25) is 0 Å². The Kier molecular flexibility index (Phi) is 6.34. The van der Waals surface area contributed by atoms with Gasteiger partial charge in [0.15, 0.2) is 5.76 Å². The molecule has 0 aliphatic rings. The molecule has 0 fully saturated rings. The first-order chi connectivity index (χ1) is 14.8. The molecule has 2 amide bonds. The molecule has 0 unspecified atom stereocenters. The minimum atomic E-state index is -5.06. The van der Waals surface area contributed by atoms with Crippen molar-refractivity contribution in [2.24, 2.45) is 0 Å². The first-order valence-corrected chi connectivity index (χ1v) is 9.31. The van der Waals surface area contributed by atoms with Crippen molar-refractivity contribution in [2.75, 3.05) is 10.6 Å². The Morgan fingerprint density at radius 2 is 1.47 bits per heavy atom. The molecule has 2 N–H and O–H groups in total. The van der Waals surface area contributed by atoms with Gasteiger partial charge >= 0.3 is 18.4 Å². The zero-order valence-corrected chi connectivity index (χ0v) is 17.3. The lowest BCUT2D eigenvalue weighted by molar-refractivity contribution is -0.143. The summed E-state index contributed by atoms with van der Waals surface area (Å²) in [5, 5.41) is 8.36. The number of nitrogens with one attached hydrogen (secondary N) is 2. The number of aromatic nitrogens is 1. The third-order valence-corrected chi connectivity index (χ3v) is 4.78.